The second kappa shape index (κ2) is 5.78. The van der Waals surface area contributed by atoms with Crippen molar-refractivity contribution in [2.75, 3.05) is 0 Å². The van der Waals surface area contributed by atoms with Gasteiger partial charge in [-0.3, -0.25) is 4.79 Å². The van der Waals surface area contributed by atoms with E-state index in [9.17, 15) is 13.2 Å². The largest absolute Gasteiger partial charge is 0.295 e. The molecule has 4 unspecified atom stereocenters. The van der Waals surface area contributed by atoms with E-state index in [0.717, 1.165) is 12.3 Å². The third-order valence-electron chi connectivity index (χ3n) is 5.35. The molecule has 2 bridgehead atoms. The number of carbonyl (C=O) groups is 1. The van der Waals surface area contributed by atoms with Crippen molar-refractivity contribution in [2.24, 2.45) is 17.8 Å². The molecule has 22 heavy (non-hydrogen) atoms. The first kappa shape index (κ1) is 15.7. The number of ketones is 1. The molecule has 1 aromatic rings. The zero-order valence-corrected chi connectivity index (χ0v) is 13.9. The van der Waals surface area contributed by atoms with Crippen LogP contribution in [0.5, 0.6) is 0 Å². The van der Waals surface area contributed by atoms with E-state index in [0.29, 0.717) is 17.4 Å². The Balaban J connectivity index is 1.71. The van der Waals surface area contributed by atoms with Crippen LogP contribution in [0.1, 0.15) is 49.9 Å². The van der Waals surface area contributed by atoms with Gasteiger partial charge in [0.2, 0.25) is 10.0 Å². The Bertz CT molecular complexity index is 666. The van der Waals surface area contributed by atoms with Gasteiger partial charge in [0.15, 0.2) is 5.78 Å². The molecule has 0 amide bonds. The van der Waals surface area contributed by atoms with Crippen LogP contribution in [-0.2, 0) is 10.0 Å². The minimum atomic E-state index is -3.52. The Morgan fingerprint density at radius 2 is 1.86 bits per heavy atom. The zero-order chi connectivity index (χ0) is 15.9. The number of Topliss-reactive ketones (excluding diaryl/α,β-unsaturated/α-hetero) is 1. The predicted octanol–water partition coefficient (Wildman–Crippen LogP) is 2.99. The number of benzene rings is 1. The van der Waals surface area contributed by atoms with Crippen molar-refractivity contribution in [3.63, 3.8) is 0 Å². The molecule has 120 valence electrons. The maximum absolute atomic E-state index is 12.5. The summed E-state index contributed by atoms with van der Waals surface area (Å²) in [6.07, 6.45) is 4.98. The molecule has 0 aromatic heterocycles. The van der Waals surface area contributed by atoms with Crippen LogP contribution in [-0.4, -0.2) is 20.2 Å². The van der Waals surface area contributed by atoms with Crippen molar-refractivity contribution in [3.8, 4) is 0 Å². The lowest BCUT2D eigenvalue weighted by Crippen LogP contribution is -2.40. The average molecular weight is 321 g/mol. The minimum Gasteiger partial charge on any atom is -0.295 e. The molecular formula is C17H23NO3S. The first-order valence-corrected chi connectivity index (χ1v) is 9.48. The predicted molar refractivity (Wildman–Crippen MR) is 85.2 cm³/mol. The Labute approximate surface area is 132 Å². The quantitative estimate of drug-likeness (QED) is 0.848. The smallest absolute Gasteiger partial charge is 0.240 e. The van der Waals surface area contributed by atoms with Crippen LogP contribution in [0, 0.1) is 17.8 Å². The maximum atomic E-state index is 12.5. The summed E-state index contributed by atoms with van der Waals surface area (Å²) < 4.78 is 27.8. The van der Waals surface area contributed by atoms with Crippen molar-refractivity contribution in [2.45, 2.75) is 50.5 Å². The van der Waals surface area contributed by atoms with Crippen LogP contribution >= 0.6 is 0 Å². The van der Waals surface area contributed by atoms with Gasteiger partial charge in [-0.05, 0) is 63.0 Å². The molecule has 4 atom stereocenters. The highest BCUT2D eigenvalue weighted by molar-refractivity contribution is 7.89. The van der Waals surface area contributed by atoms with Crippen LogP contribution in [0.3, 0.4) is 0 Å². The van der Waals surface area contributed by atoms with Gasteiger partial charge >= 0.3 is 0 Å². The third kappa shape index (κ3) is 2.97. The maximum Gasteiger partial charge on any atom is 0.240 e. The Morgan fingerprint density at radius 1 is 1.18 bits per heavy atom. The highest BCUT2D eigenvalue weighted by Gasteiger charge is 2.42. The van der Waals surface area contributed by atoms with Gasteiger partial charge < -0.3 is 0 Å². The SMILES string of the molecule is CC(=O)c1ccc(S(=O)(=O)NC(C)C2CC3CCC2C3)cc1. The molecule has 3 rings (SSSR count). The van der Waals surface area contributed by atoms with Crippen molar-refractivity contribution < 1.29 is 13.2 Å². The van der Waals surface area contributed by atoms with Crippen molar-refractivity contribution in [1.82, 2.24) is 4.72 Å². The fraction of sp³-hybridized carbons (Fsp3) is 0.588. The lowest BCUT2D eigenvalue weighted by molar-refractivity contribution is 0.101. The number of hydrogen-bond donors (Lipinski definition) is 1. The van der Waals surface area contributed by atoms with E-state index in [1.165, 1.54) is 38.3 Å². The summed E-state index contributed by atoms with van der Waals surface area (Å²) in [6, 6.07) is 6.12. The number of sulfonamides is 1. The van der Waals surface area contributed by atoms with Crippen molar-refractivity contribution >= 4 is 15.8 Å². The fourth-order valence-electron chi connectivity index (χ4n) is 4.18. The molecule has 4 nitrogen and oxygen atoms in total. The molecule has 0 radical (unpaired) electrons. The summed E-state index contributed by atoms with van der Waals surface area (Å²) in [7, 11) is -3.52. The summed E-state index contributed by atoms with van der Waals surface area (Å²) in [4.78, 5) is 11.5. The van der Waals surface area contributed by atoms with Gasteiger partial charge in [-0.1, -0.05) is 18.6 Å². The standard InChI is InChI=1S/C17H23NO3S/c1-11(17-10-13-3-4-15(17)9-13)18-22(20,21)16-7-5-14(6-8-16)12(2)19/h5-8,11,13,15,17-18H,3-4,9-10H2,1-2H3. The lowest BCUT2D eigenvalue weighted by Gasteiger charge is -2.28. The molecular weight excluding hydrogens is 298 g/mol. The summed E-state index contributed by atoms with van der Waals surface area (Å²) in [5.74, 6) is 1.89. The number of hydrogen-bond acceptors (Lipinski definition) is 3. The highest BCUT2D eigenvalue weighted by atomic mass is 32.2. The van der Waals surface area contributed by atoms with Gasteiger partial charge in [-0.2, -0.15) is 0 Å². The highest BCUT2D eigenvalue weighted by Crippen LogP contribution is 2.49. The molecule has 1 aromatic carbocycles. The van der Waals surface area contributed by atoms with Gasteiger partial charge in [0.05, 0.1) is 4.90 Å². The second-order valence-corrected chi connectivity index (χ2v) is 8.54. The van der Waals surface area contributed by atoms with E-state index in [2.05, 4.69) is 4.72 Å². The van der Waals surface area contributed by atoms with E-state index in [-0.39, 0.29) is 16.7 Å². The minimum absolute atomic E-state index is 0.0345. The monoisotopic (exact) mass is 321 g/mol. The summed E-state index contributed by atoms with van der Waals surface area (Å²) >= 11 is 0. The van der Waals surface area contributed by atoms with Crippen LogP contribution in [0.2, 0.25) is 0 Å². The first-order valence-electron chi connectivity index (χ1n) is 8.00. The summed E-state index contributed by atoms with van der Waals surface area (Å²) in [5.41, 5.74) is 0.528. The Hall–Kier alpha value is -1.20. The molecule has 0 heterocycles. The number of fused-ring (bicyclic) bond motifs is 2. The van der Waals surface area contributed by atoms with Gasteiger partial charge in [-0.15, -0.1) is 0 Å². The normalized spacial score (nSPS) is 28.7. The topological polar surface area (TPSA) is 63.2 Å². The van der Waals surface area contributed by atoms with Crippen LogP contribution in [0.25, 0.3) is 0 Å². The van der Waals surface area contributed by atoms with Crippen LogP contribution in [0.4, 0.5) is 0 Å². The Kier molecular flexibility index (Phi) is 4.12. The number of rotatable bonds is 5. The van der Waals surface area contributed by atoms with E-state index in [1.54, 1.807) is 12.1 Å². The van der Waals surface area contributed by atoms with Gasteiger partial charge in [0.1, 0.15) is 0 Å². The molecule has 2 saturated carbocycles. The fourth-order valence-corrected chi connectivity index (χ4v) is 5.47. The Morgan fingerprint density at radius 3 is 2.36 bits per heavy atom. The van der Waals surface area contributed by atoms with Crippen molar-refractivity contribution in [3.05, 3.63) is 29.8 Å². The molecule has 2 aliphatic rings. The molecule has 0 saturated heterocycles. The molecule has 0 aliphatic heterocycles. The van der Waals surface area contributed by atoms with Gasteiger partial charge in [-0.25, -0.2) is 13.1 Å². The van der Waals surface area contributed by atoms with Crippen LogP contribution < -0.4 is 4.72 Å². The molecule has 5 heteroatoms. The lowest BCUT2D eigenvalue weighted by atomic mass is 9.84. The van der Waals surface area contributed by atoms with E-state index >= 15 is 0 Å². The number of carbonyl (C=O) groups excluding carboxylic acids is 1. The van der Waals surface area contributed by atoms with E-state index in [1.807, 2.05) is 6.92 Å². The zero-order valence-electron chi connectivity index (χ0n) is 13.1. The third-order valence-corrected chi connectivity index (χ3v) is 6.92. The average Bonchev–Trinajstić information content (AvgIpc) is 3.09. The van der Waals surface area contributed by atoms with Gasteiger partial charge in [0, 0.05) is 11.6 Å². The van der Waals surface area contributed by atoms with E-state index in [4.69, 9.17) is 0 Å². The molecule has 0 spiro atoms. The summed E-state index contributed by atoms with van der Waals surface area (Å²) in [5, 5.41) is 0. The number of nitrogens with one attached hydrogen (secondary N) is 1. The first-order chi connectivity index (χ1) is 10.4. The molecule has 2 aliphatic carbocycles. The van der Waals surface area contributed by atoms with Gasteiger partial charge in [0.25, 0.3) is 0 Å². The van der Waals surface area contributed by atoms with E-state index < -0.39 is 10.0 Å². The second-order valence-electron chi connectivity index (χ2n) is 6.83. The van der Waals surface area contributed by atoms with Crippen molar-refractivity contribution in [1.29, 1.82) is 0 Å². The summed E-state index contributed by atoms with van der Waals surface area (Å²) in [6.45, 7) is 3.45. The molecule has 1 N–H and O–H groups in total. The molecule has 2 fully saturated rings. The van der Waals surface area contributed by atoms with Crippen LogP contribution in [0.15, 0.2) is 29.2 Å².